The van der Waals surface area contributed by atoms with Gasteiger partial charge in [-0.25, -0.2) is 0 Å². The van der Waals surface area contributed by atoms with E-state index in [-0.39, 0.29) is 12.7 Å². The Bertz CT molecular complexity index is 138. The molecule has 0 aromatic carbocycles. The third-order valence-electron chi connectivity index (χ3n) is 0.526. The molecule has 0 radical (unpaired) electrons. The number of hydrogen-bond acceptors (Lipinski definition) is 5. The number of carbonyl (C=O) groups excluding carboxylic acids is 1. The molecule has 0 aliphatic carbocycles. The van der Waals surface area contributed by atoms with E-state index in [1.807, 2.05) is 13.8 Å². The summed E-state index contributed by atoms with van der Waals surface area (Å²) in [5.74, 6) is -0.804. The van der Waals surface area contributed by atoms with Crippen molar-refractivity contribution in [2.75, 3.05) is 19.6 Å². The first-order valence-corrected chi connectivity index (χ1v) is 4.99. The molecule has 0 bridgehead atoms. The van der Waals surface area contributed by atoms with Crippen LogP contribution >= 0.6 is 0 Å². The quantitative estimate of drug-likeness (QED) is 0.373. The lowest BCUT2D eigenvalue weighted by Crippen LogP contribution is -2.21. The number of carboxylic acids is 1. The van der Waals surface area contributed by atoms with Gasteiger partial charge in [0.05, 0.1) is 6.54 Å². The van der Waals surface area contributed by atoms with Crippen LogP contribution in [-0.4, -0.2) is 43.2 Å². The van der Waals surface area contributed by atoms with Crippen LogP contribution in [0.15, 0.2) is 0 Å². The largest absolute Gasteiger partial charge is 0.480 e. The summed E-state index contributed by atoms with van der Waals surface area (Å²) in [7, 11) is 0. The lowest BCUT2D eigenvalue weighted by molar-refractivity contribution is -0.135. The van der Waals surface area contributed by atoms with E-state index in [2.05, 4.69) is 5.32 Å². The maximum Gasteiger partial charge on any atom is 0.317 e. The number of hydrogen-bond donors (Lipinski definition) is 5. The summed E-state index contributed by atoms with van der Waals surface area (Å²) in [6.45, 7) is 8.41. The predicted molar refractivity (Wildman–Crippen MR) is 73.1 cm³/mol. The molecule has 7 nitrogen and oxygen atoms in total. The van der Waals surface area contributed by atoms with Crippen molar-refractivity contribution in [2.45, 2.75) is 27.7 Å². The predicted octanol–water partition coefficient (Wildman–Crippen LogP) is 0.883. The van der Waals surface area contributed by atoms with E-state index >= 15 is 0 Å². The van der Waals surface area contributed by atoms with E-state index in [0.29, 0.717) is 6.54 Å². The van der Waals surface area contributed by atoms with Crippen LogP contribution in [0.5, 0.6) is 0 Å². The van der Waals surface area contributed by atoms with Crippen LogP contribution in [-0.2, 0) is 9.59 Å². The van der Waals surface area contributed by atoms with E-state index < -0.39 is 5.97 Å². The topological polar surface area (TPSA) is 153 Å². The van der Waals surface area contributed by atoms with Crippen LogP contribution < -0.4 is 17.2 Å². The van der Waals surface area contributed by atoms with Gasteiger partial charge in [0.2, 0.25) is 0 Å². The van der Waals surface area contributed by atoms with Gasteiger partial charge in [0.1, 0.15) is 6.29 Å². The first-order chi connectivity index (χ1) is 7.51. The van der Waals surface area contributed by atoms with Crippen LogP contribution in [0.25, 0.3) is 0 Å². The second kappa shape index (κ2) is 46.6. The molecule has 0 atom stereocenters. The summed E-state index contributed by atoms with van der Waals surface area (Å²) in [5, 5.41) is 16.7. The molecule has 0 spiro atoms. The van der Waals surface area contributed by atoms with E-state index in [1.54, 1.807) is 6.92 Å². The fourth-order valence-electron chi connectivity index (χ4n) is 0.232. The van der Waals surface area contributed by atoms with Crippen LogP contribution in [0.2, 0.25) is 0 Å². The van der Waals surface area contributed by atoms with Gasteiger partial charge in [-0.2, -0.15) is 0 Å². The van der Waals surface area contributed by atoms with Gasteiger partial charge < -0.3 is 32.5 Å². The molecule has 0 saturated carbocycles. The molecule has 0 fully saturated rings. The van der Waals surface area contributed by atoms with E-state index in [0.717, 1.165) is 12.8 Å². The second-order valence-corrected chi connectivity index (χ2v) is 2.11. The molecule has 0 aromatic heterocycles. The Hall–Kier alpha value is -1.31. The highest BCUT2D eigenvalue weighted by atomic mass is 16.4. The highest BCUT2D eigenvalue weighted by Gasteiger charge is 1.88. The Morgan fingerprint density at radius 2 is 1.65 bits per heavy atom. The third-order valence-corrected chi connectivity index (χ3v) is 0.526. The number of carbonyl (C=O) groups is 2. The Morgan fingerprint density at radius 3 is 1.71 bits per heavy atom. The summed E-state index contributed by atoms with van der Waals surface area (Å²) in [6.07, 6.45) is 2.00. The first kappa shape index (κ1) is 29.6. The molecule has 0 aromatic rings. The van der Waals surface area contributed by atoms with Crippen molar-refractivity contribution >= 4 is 18.5 Å². The lowest BCUT2D eigenvalue weighted by Gasteiger charge is -1.90. The fraction of sp³-hybridized carbons (Fsp3) is 0.700. The van der Waals surface area contributed by atoms with Crippen molar-refractivity contribution in [3.05, 3.63) is 0 Å². The van der Waals surface area contributed by atoms with Gasteiger partial charge in [-0.15, -0.1) is 0 Å². The second-order valence-electron chi connectivity index (χ2n) is 2.11. The maximum absolute atomic E-state index is 9.70. The van der Waals surface area contributed by atoms with Gasteiger partial charge in [0.15, 0.2) is 0 Å². The summed E-state index contributed by atoms with van der Waals surface area (Å²) < 4.78 is 0. The van der Waals surface area contributed by atoms with Crippen molar-refractivity contribution in [1.29, 1.82) is 5.41 Å². The van der Waals surface area contributed by atoms with Crippen LogP contribution in [0.1, 0.15) is 27.7 Å². The van der Waals surface area contributed by atoms with Crippen molar-refractivity contribution in [1.82, 2.24) is 11.5 Å². The number of carboxylic acid groups (broad SMARTS) is 1. The number of nitrogens with two attached hydrogens (primary N) is 1. The monoisotopic (exact) mass is 253 g/mol. The SMILES string of the molecule is CC=N.CC=O.CCN.CCNCC(=O)O.[NH4+]. The minimum absolute atomic E-state index is 0. The van der Waals surface area contributed by atoms with Gasteiger partial charge in [-0.05, 0) is 33.2 Å². The minimum Gasteiger partial charge on any atom is -0.480 e. The maximum atomic E-state index is 9.70. The Morgan fingerprint density at radius 1 is 1.41 bits per heavy atom. The van der Waals surface area contributed by atoms with Crippen molar-refractivity contribution in [3.63, 3.8) is 0 Å². The molecular weight excluding hydrogens is 224 g/mol. The Kier molecular flexibility index (Phi) is 81.1. The first-order valence-electron chi connectivity index (χ1n) is 4.99. The van der Waals surface area contributed by atoms with Gasteiger partial charge >= 0.3 is 5.97 Å². The zero-order chi connectivity index (χ0) is 13.8. The molecule has 0 amide bonds. The molecule has 7 heteroatoms. The molecule has 0 aliphatic rings. The van der Waals surface area contributed by atoms with Gasteiger partial charge in [-0.3, -0.25) is 4.79 Å². The lowest BCUT2D eigenvalue weighted by atomic mass is 10.6. The number of quaternary nitrogens is 1. The molecule has 0 saturated heterocycles. The highest BCUT2D eigenvalue weighted by Crippen LogP contribution is 1.56. The number of rotatable bonds is 3. The molecule has 9 N–H and O–H groups in total. The van der Waals surface area contributed by atoms with Gasteiger partial charge in [0, 0.05) is 0 Å². The number of nitrogens with one attached hydrogen (secondary N) is 2. The smallest absolute Gasteiger partial charge is 0.317 e. The van der Waals surface area contributed by atoms with E-state index in [9.17, 15) is 4.79 Å². The minimum atomic E-state index is -0.804. The highest BCUT2D eigenvalue weighted by molar-refractivity contribution is 5.68. The van der Waals surface area contributed by atoms with Crippen molar-refractivity contribution < 1.29 is 14.7 Å². The summed E-state index contributed by atoms with van der Waals surface area (Å²) in [5.41, 5.74) is 4.85. The standard InChI is InChI=1S/C4H9NO2.C2H7N.C2H5N.C2H4O.H3N/c1-2-5-3-4(6)7;3*1-2-3;/h5H,2-3H2,1H3,(H,6,7);2-3H2,1H3;2-3H,1H3;2H,1H3;1H3/p+1. The molecule has 106 valence electrons. The molecule has 0 rings (SSSR count). The number of aldehydes is 1. The average Bonchev–Trinajstić information content (AvgIpc) is 2.18. The van der Waals surface area contributed by atoms with Gasteiger partial charge in [0.25, 0.3) is 0 Å². The van der Waals surface area contributed by atoms with E-state index in [1.165, 1.54) is 13.1 Å². The summed E-state index contributed by atoms with van der Waals surface area (Å²) in [6, 6.07) is 0. The molecule has 0 unspecified atom stereocenters. The Balaban J connectivity index is -0.0000000411. The van der Waals surface area contributed by atoms with Crippen LogP contribution in [0, 0.1) is 5.41 Å². The zero-order valence-electron chi connectivity index (χ0n) is 11.6. The fourth-order valence-corrected chi connectivity index (χ4v) is 0.232. The van der Waals surface area contributed by atoms with Gasteiger partial charge in [-0.1, -0.05) is 13.8 Å². The van der Waals surface area contributed by atoms with Crippen molar-refractivity contribution in [3.8, 4) is 0 Å². The molecule has 0 aliphatic heterocycles. The summed E-state index contributed by atoms with van der Waals surface area (Å²) >= 11 is 0. The average molecular weight is 253 g/mol. The molecular formula is C10H29N4O3+. The normalized spacial score (nSPS) is 6.18. The number of likely N-dealkylation sites (N-methyl/N-ethyl adjacent to an activating group) is 1. The van der Waals surface area contributed by atoms with Crippen LogP contribution in [0.4, 0.5) is 0 Å². The molecule has 17 heavy (non-hydrogen) atoms. The number of aliphatic carboxylic acids is 1. The van der Waals surface area contributed by atoms with Crippen molar-refractivity contribution in [2.24, 2.45) is 5.73 Å². The molecule has 0 heterocycles. The Labute approximate surface area is 104 Å². The third kappa shape index (κ3) is 327. The van der Waals surface area contributed by atoms with Crippen LogP contribution in [0.3, 0.4) is 0 Å². The summed E-state index contributed by atoms with van der Waals surface area (Å²) in [4.78, 5) is 18.5. The van der Waals surface area contributed by atoms with E-state index in [4.69, 9.17) is 21.0 Å². The zero-order valence-corrected chi connectivity index (χ0v) is 11.6.